The molecule has 0 heterocycles. The Morgan fingerprint density at radius 1 is 1.17 bits per heavy atom. The van der Waals surface area contributed by atoms with Crippen LogP contribution in [-0.4, -0.2) is 46.1 Å². The van der Waals surface area contributed by atoms with Crippen LogP contribution in [0.5, 0.6) is 0 Å². The second-order valence-corrected chi connectivity index (χ2v) is 8.79. The number of carbonyl (C=O) groups is 2. The van der Waals surface area contributed by atoms with Crippen LogP contribution in [0.25, 0.3) is 0 Å². The van der Waals surface area contributed by atoms with E-state index < -0.39 is 17.5 Å². The number of hydrogen-bond donors (Lipinski definition) is 3. The van der Waals surface area contributed by atoms with Crippen molar-refractivity contribution in [2.24, 2.45) is 11.3 Å². The van der Waals surface area contributed by atoms with Crippen molar-refractivity contribution in [3.63, 3.8) is 0 Å². The first-order valence-corrected chi connectivity index (χ1v) is 11.7. The first-order chi connectivity index (χ1) is 14.3. The fourth-order valence-electron chi connectivity index (χ4n) is 4.75. The van der Waals surface area contributed by atoms with Gasteiger partial charge in [-0.3, -0.25) is 9.59 Å². The molecule has 3 N–H and O–H groups in total. The summed E-state index contributed by atoms with van der Waals surface area (Å²) in [6.45, 7) is 6.11. The lowest BCUT2D eigenvalue weighted by Crippen LogP contribution is -2.45. The van der Waals surface area contributed by atoms with Crippen LogP contribution < -0.4 is 0 Å². The number of rotatable bonds is 15. The Kier molecular flexibility index (Phi) is 12.3. The van der Waals surface area contributed by atoms with Gasteiger partial charge in [-0.25, -0.2) is 0 Å². The smallest absolute Gasteiger partial charge is 0.315 e. The van der Waals surface area contributed by atoms with Gasteiger partial charge < -0.3 is 20.1 Å². The molecule has 30 heavy (non-hydrogen) atoms. The molecule has 1 aliphatic rings. The summed E-state index contributed by atoms with van der Waals surface area (Å²) in [5, 5.41) is 30.0. The van der Waals surface area contributed by atoms with Crippen LogP contribution in [0.4, 0.5) is 0 Å². The van der Waals surface area contributed by atoms with Crippen molar-refractivity contribution in [1.82, 2.24) is 0 Å². The van der Waals surface area contributed by atoms with Gasteiger partial charge in [0.1, 0.15) is 5.41 Å². The van der Waals surface area contributed by atoms with Crippen molar-refractivity contribution < 1.29 is 29.6 Å². The molecule has 0 amide bonds. The number of aliphatic hydroxyl groups is 2. The van der Waals surface area contributed by atoms with E-state index in [1.807, 2.05) is 13.0 Å². The molecule has 174 valence electrons. The highest BCUT2D eigenvalue weighted by Crippen LogP contribution is 2.51. The van der Waals surface area contributed by atoms with Crippen LogP contribution in [0.2, 0.25) is 0 Å². The second-order valence-electron chi connectivity index (χ2n) is 8.79. The van der Waals surface area contributed by atoms with Gasteiger partial charge in [-0.1, -0.05) is 37.8 Å². The molecule has 2 unspecified atom stereocenters. The van der Waals surface area contributed by atoms with Gasteiger partial charge in [0.25, 0.3) is 0 Å². The maximum Gasteiger partial charge on any atom is 0.315 e. The van der Waals surface area contributed by atoms with E-state index in [4.69, 9.17) is 9.84 Å². The molecule has 1 rings (SSSR count). The minimum absolute atomic E-state index is 0.0326. The van der Waals surface area contributed by atoms with E-state index in [1.54, 1.807) is 6.92 Å². The molecule has 1 saturated carbocycles. The molecule has 0 aliphatic heterocycles. The molecule has 0 bridgehead atoms. The summed E-state index contributed by atoms with van der Waals surface area (Å²) in [6.07, 6.45) is 9.18. The number of ether oxygens (including phenoxy) is 1. The summed E-state index contributed by atoms with van der Waals surface area (Å²) in [6, 6.07) is 0. The Hall–Kier alpha value is -1.40. The van der Waals surface area contributed by atoms with E-state index in [-0.39, 0.29) is 31.0 Å². The Balaban J connectivity index is 2.87. The van der Waals surface area contributed by atoms with Crippen molar-refractivity contribution in [3.8, 4) is 0 Å². The Morgan fingerprint density at radius 3 is 2.53 bits per heavy atom. The zero-order valence-corrected chi connectivity index (χ0v) is 19.1. The van der Waals surface area contributed by atoms with Gasteiger partial charge in [0.2, 0.25) is 0 Å². The zero-order chi connectivity index (χ0) is 22.6. The predicted molar refractivity (Wildman–Crippen MR) is 117 cm³/mol. The molecule has 0 saturated heterocycles. The third-order valence-corrected chi connectivity index (χ3v) is 6.42. The highest BCUT2D eigenvalue weighted by Gasteiger charge is 2.55. The number of aliphatic hydroxyl groups excluding tert-OH is 2. The van der Waals surface area contributed by atoms with Gasteiger partial charge >= 0.3 is 11.9 Å². The van der Waals surface area contributed by atoms with Gasteiger partial charge in [-0.05, 0) is 71.1 Å². The monoisotopic (exact) mass is 426 g/mol. The first kappa shape index (κ1) is 26.6. The molecular formula is C24H42O6. The summed E-state index contributed by atoms with van der Waals surface area (Å²) in [5.41, 5.74) is -0.00474. The quantitative estimate of drug-likeness (QED) is 0.200. The van der Waals surface area contributed by atoms with E-state index in [0.29, 0.717) is 38.5 Å². The molecule has 6 nitrogen and oxygen atoms in total. The number of carboxylic acids is 1. The lowest BCUT2D eigenvalue weighted by molar-refractivity contribution is -0.165. The van der Waals surface area contributed by atoms with Crippen LogP contribution in [0, 0.1) is 11.3 Å². The number of carbonyl (C=O) groups excluding carboxylic acids is 1. The number of aliphatic carboxylic acids is 1. The topological polar surface area (TPSA) is 104 Å². The summed E-state index contributed by atoms with van der Waals surface area (Å²) < 4.78 is 5.41. The fourth-order valence-corrected chi connectivity index (χ4v) is 4.75. The Labute approximate surface area is 181 Å². The summed E-state index contributed by atoms with van der Waals surface area (Å²) in [5.74, 6) is -1.19. The molecule has 4 atom stereocenters. The van der Waals surface area contributed by atoms with Crippen molar-refractivity contribution in [2.45, 2.75) is 110 Å². The summed E-state index contributed by atoms with van der Waals surface area (Å²) in [4.78, 5) is 23.7. The van der Waals surface area contributed by atoms with Crippen LogP contribution in [0.1, 0.15) is 97.8 Å². The molecule has 6 heteroatoms. The lowest BCUT2D eigenvalue weighted by atomic mass is 9.69. The minimum Gasteiger partial charge on any atom is -0.481 e. The number of hydrogen-bond acceptors (Lipinski definition) is 5. The van der Waals surface area contributed by atoms with E-state index in [0.717, 1.165) is 37.7 Å². The molecular weight excluding hydrogens is 384 g/mol. The van der Waals surface area contributed by atoms with E-state index in [9.17, 15) is 19.8 Å². The number of esters is 1. The maximum absolute atomic E-state index is 13.0. The van der Waals surface area contributed by atoms with Crippen molar-refractivity contribution >= 4 is 11.9 Å². The van der Waals surface area contributed by atoms with Crippen LogP contribution in [0.15, 0.2) is 11.6 Å². The first-order valence-electron chi connectivity index (χ1n) is 11.7. The Bertz CT molecular complexity index is 558. The van der Waals surface area contributed by atoms with Crippen LogP contribution in [0.3, 0.4) is 0 Å². The minimum atomic E-state index is -0.980. The molecule has 1 aliphatic carbocycles. The van der Waals surface area contributed by atoms with Gasteiger partial charge in [-0.15, -0.1) is 0 Å². The van der Waals surface area contributed by atoms with Crippen molar-refractivity contribution in [3.05, 3.63) is 11.6 Å². The third-order valence-electron chi connectivity index (χ3n) is 6.42. The summed E-state index contributed by atoms with van der Waals surface area (Å²) in [7, 11) is 0. The Morgan fingerprint density at radius 2 is 1.90 bits per heavy atom. The molecule has 0 aromatic rings. The van der Waals surface area contributed by atoms with Gasteiger partial charge in [0, 0.05) is 6.42 Å². The van der Waals surface area contributed by atoms with Crippen LogP contribution >= 0.6 is 0 Å². The van der Waals surface area contributed by atoms with Gasteiger partial charge in [0.15, 0.2) is 0 Å². The van der Waals surface area contributed by atoms with E-state index >= 15 is 0 Å². The van der Waals surface area contributed by atoms with Gasteiger partial charge in [0.05, 0.1) is 18.8 Å². The molecule has 0 radical (unpaired) electrons. The average Bonchev–Trinajstić information content (AvgIpc) is 3.00. The molecule has 0 aromatic carbocycles. The van der Waals surface area contributed by atoms with Gasteiger partial charge in [-0.2, -0.15) is 0 Å². The van der Waals surface area contributed by atoms with Crippen LogP contribution in [-0.2, 0) is 14.3 Å². The highest BCUT2D eigenvalue weighted by atomic mass is 16.5. The van der Waals surface area contributed by atoms with E-state index in [1.165, 1.54) is 0 Å². The highest BCUT2D eigenvalue weighted by molar-refractivity contribution is 5.79. The van der Waals surface area contributed by atoms with Crippen molar-refractivity contribution in [1.29, 1.82) is 0 Å². The maximum atomic E-state index is 13.0. The zero-order valence-electron chi connectivity index (χ0n) is 19.1. The second kappa shape index (κ2) is 13.8. The number of allylic oxidation sites excluding steroid dienone is 2. The molecule has 0 spiro atoms. The fraction of sp³-hybridized carbons (Fsp3) is 0.833. The number of unbranched alkanes of at least 4 members (excludes halogenated alkanes) is 3. The third kappa shape index (κ3) is 8.03. The average molecular weight is 427 g/mol. The number of carboxylic acid groups (broad SMARTS) is 1. The van der Waals surface area contributed by atoms with Crippen molar-refractivity contribution in [2.75, 3.05) is 6.61 Å². The normalized spacial score (nSPS) is 25.3. The molecule has 0 aromatic heterocycles. The SMILES string of the molecule is CCCCCC(O)CCC1CC[C@@H](O)[C@]1(CC(C)=CCCCC(=O)O)C(=O)OCC. The largest absolute Gasteiger partial charge is 0.481 e. The molecule has 1 fully saturated rings. The standard InChI is InChI=1S/C24H42O6/c1-4-6-7-11-20(25)15-13-19-14-16-21(26)24(19,23(29)30-5-2)17-18(3)10-8-9-12-22(27)28/h10,19-21,25-26H,4-9,11-17H2,1-3H3,(H,27,28)/t19?,20?,21-,24-/m1/s1. The van der Waals surface area contributed by atoms with E-state index in [2.05, 4.69) is 6.92 Å². The predicted octanol–water partition coefficient (Wildman–Crippen LogP) is 4.62. The lowest BCUT2D eigenvalue weighted by Gasteiger charge is -2.36. The summed E-state index contributed by atoms with van der Waals surface area (Å²) >= 11 is 0.